The molecule has 1 radical (unpaired) electrons. The number of hydrogen-bond donors (Lipinski definition) is 0. The van der Waals surface area contributed by atoms with Crippen molar-refractivity contribution in [1.29, 1.82) is 0 Å². The second-order valence-corrected chi connectivity index (χ2v) is 9.44. The predicted octanol–water partition coefficient (Wildman–Crippen LogP) is 4.56. The Hall–Kier alpha value is -0.236. The van der Waals surface area contributed by atoms with Gasteiger partial charge < -0.3 is 14.8 Å². The Bertz CT molecular complexity index is 592. The molecule has 179 valence electrons. The van der Waals surface area contributed by atoms with Crippen LogP contribution in [0.1, 0.15) is 104 Å². The van der Waals surface area contributed by atoms with E-state index in [0.717, 1.165) is 12.8 Å². The summed E-state index contributed by atoms with van der Waals surface area (Å²) in [6.07, 6.45) is 12.3. The van der Waals surface area contributed by atoms with Gasteiger partial charge in [0.2, 0.25) is 0 Å². The zero-order valence-corrected chi connectivity index (χ0v) is 22.6. The first-order chi connectivity index (χ1) is 14.0. The Morgan fingerprint density at radius 1 is 0.742 bits per heavy atom. The summed E-state index contributed by atoms with van der Waals surface area (Å²) < 4.78 is 33.5. The molecule has 0 aliphatic rings. The number of unbranched alkanes of at least 4 members (excludes halogenated alkanes) is 9. The fourth-order valence-corrected chi connectivity index (χ4v) is 3.49. The van der Waals surface area contributed by atoms with E-state index >= 15 is 0 Å². The van der Waals surface area contributed by atoms with Crippen molar-refractivity contribution < 1.29 is 44.9 Å². The molecule has 1 rings (SSSR count). The maximum absolute atomic E-state index is 11.2. The van der Waals surface area contributed by atoms with E-state index in [1.54, 1.807) is 45.9 Å². The van der Waals surface area contributed by atoms with Crippen LogP contribution in [0.5, 0.6) is 0 Å². The molecule has 0 bridgehead atoms. The zero-order chi connectivity index (χ0) is 23.4. The minimum absolute atomic E-state index is 0. The number of rotatable bonds is 12. The van der Waals surface area contributed by atoms with Gasteiger partial charge in [0.05, 0.1) is 4.90 Å². The molecule has 7 heteroatoms. The molecule has 0 aliphatic heterocycles. The van der Waals surface area contributed by atoms with E-state index in [2.05, 4.69) is 6.92 Å². The third-order valence-corrected chi connectivity index (χ3v) is 4.98. The van der Waals surface area contributed by atoms with E-state index in [1.165, 1.54) is 57.4 Å². The molecule has 1 aromatic carbocycles. The molecule has 0 spiro atoms. The molecule has 0 saturated carbocycles. The molecule has 0 saturated heterocycles. The average molecular weight is 492 g/mol. The molecule has 0 aliphatic carbocycles. The van der Waals surface area contributed by atoms with Crippen LogP contribution < -0.4 is 10.2 Å². The molecule has 0 N–H and O–H groups in total. The van der Waals surface area contributed by atoms with Crippen molar-refractivity contribution in [2.75, 3.05) is 0 Å². The average Bonchev–Trinajstić information content (AvgIpc) is 2.62. The Balaban J connectivity index is -0.000000747. The van der Waals surface area contributed by atoms with Crippen molar-refractivity contribution in [3.8, 4) is 0 Å². The maximum Gasteiger partial charge on any atom is 3.00 e. The molecule has 5 nitrogen and oxygen atoms in total. The van der Waals surface area contributed by atoms with Crippen molar-refractivity contribution in [3.05, 3.63) is 29.8 Å². The predicted molar refractivity (Wildman–Crippen MR) is 120 cm³/mol. The number of benzene rings is 1. The molecule has 1 aromatic rings. The van der Waals surface area contributed by atoms with Crippen LogP contribution in [-0.2, 0) is 38.3 Å². The van der Waals surface area contributed by atoms with Gasteiger partial charge in [-0.3, -0.25) is 0 Å². The van der Waals surface area contributed by atoms with Crippen LogP contribution in [0.15, 0.2) is 29.2 Å². The van der Waals surface area contributed by atoms with Gasteiger partial charge in [-0.05, 0) is 24.5 Å². The van der Waals surface area contributed by atoms with Gasteiger partial charge in [0.25, 0.3) is 0 Å². The Morgan fingerprint density at radius 2 is 1.10 bits per heavy atom. The van der Waals surface area contributed by atoms with Crippen LogP contribution in [0.4, 0.5) is 0 Å². The van der Waals surface area contributed by atoms with Crippen molar-refractivity contribution in [2.24, 2.45) is 0 Å². The molecule has 0 heterocycles. The maximum atomic E-state index is 11.2. The first-order valence-corrected chi connectivity index (χ1v) is 12.8. The molecule has 0 aromatic heterocycles. The van der Waals surface area contributed by atoms with Crippen LogP contribution in [0, 0.1) is 0 Å². The SMILES string of the molecule is CC(C)[O-].CC(C)[O-].CCCCCCCCCCCCc1ccccc1S(=O)(=O)[O-].[Ti+3]. The van der Waals surface area contributed by atoms with Crippen LogP contribution in [0.3, 0.4) is 0 Å². The van der Waals surface area contributed by atoms with E-state index in [-0.39, 0.29) is 26.6 Å². The molecule has 0 atom stereocenters. The smallest absolute Gasteiger partial charge is 0.852 e. The van der Waals surface area contributed by atoms with Gasteiger partial charge in [0.1, 0.15) is 10.1 Å². The summed E-state index contributed by atoms with van der Waals surface area (Å²) in [6, 6.07) is 6.56. The monoisotopic (exact) mass is 491 g/mol. The normalized spacial score (nSPS) is 10.6. The Kier molecular flexibility index (Phi) is 26.2. The second kappa shape index (κ2) is 22.9. The van der Waals surface area contributed by atoms with Crippen molar-refractivity contribution in [3.63, 3.8) is 0 Å². The first-order valence-electron chi connectivity index (χ1n) is 11.4. The van der Waals surface area contributed by atoms with E-state index in [9.17, 15) is 23.2 Å². The van der Waals surface area contributed by atoms with E-state index in [0.29, 0.717) is 12.0 Å². The molecule has 0 fully saturated rings. The summed E-state index contributed by atoms with van der Waals surface area (Å²) in [6.45, 7) is 8.68. The molecule has 0 amide bonds. The number of hydrogen-bond acceptors (Lipinski definition) is 5. The fourth-order valence-electron chi connectivity index (χ4n) is 2.76. The summed E-state index contributed by atoms with van der Waals surface area (Å²) >= 11 is 0. The Morgan fingerprint density at radius 3 is 1.48 bits per heavy atom. The molecule has 0 unspecified atom stereocenters. The summed E-state index contributed by atoms with van der Waals surface area (Å²) in [4.78, 5) is -0.0501. The van der Waals surface area contributed by atoms with E-state index in [1.807, 2.05) is 0 Å². The summed E-state index contributed by atoms with van der Waals surface area (Å²) in [5.41, 5.74) is 0.664. The minimum atomic E-state index is -4.35. The summed E-state index contributed by atoms with van der Waals surface area (Å²) in [5, 5.41) is 19.1. The minimum Gasteiger partial charge on any atom is -0.852 e. The third-order valence-electron chi connectivity index (χ3n) is 4.04. The molecule has 31 heavy (non-hydrogen) atoms. The molecular formula is C24H43O5STi. The van der Waals surface area contributed by atoms with Crippen LogP contribution >= 0.6 is 0 Å². The fraction of sp³-hybridized carbons (Fsp3) is 0.750. The number of aryl methyl sites for hydroxylation is 1. The second-order valence-electron chi connectivity index (χ2n) is 8.09. The third kappa shape index (κ3) is 27.7. The van der Waals surface area contributed by atoms with Gasteiger partial charge in [-0.1, -0.05) is 111 Å². The summed E-state index contributed by atoms with van der Waals surface area (Å²) in [5.74, 6) is 0. The van der Waals surface area contributed by atoms with Gasteiger partial charge in [0.15, 0.2) is 0 Å². The van der Waals surface area contributed by atoms with Crippen molar-refractivity contribution >= 4 is 10.1 Å². The zero-order valence-electron chi connectivity index (χ0n) is 20.2. The van der Waals surface area contributed by atoms with Crippen LogP contribution in [0.2, 0.25) is 0 Å². The molecular weight excluding hydrogens is 448 g/mol. The summed E-state index contributed by atoms with van der Waals surface area (Å²) in [7, 11) is -4.35. The van der Waals surface area contributed by atoms with Gasteiger partial charge in [-0.15, -0.1) is 12.2 Å². The van der Waals surface area contributed by atoms with Crippen LogP contribution in [-0.4, -0.2) is 25.2 Å². The van der Waals surface area contributed by atoms with Gasteiger partial charge >= 0.3 is 21.7 Å². The van der Waals surface area contributed by atoms with E-state index in [4.69, 9.17) is 0 Å². The largest absolute Gasteiger partial charge is 3.00 e. The van der Waals surface area contributed by atoms with Crippen molar-refractivity contribution in [1.82, 2.24) is 0 Å². The quantitative estimate of drug-likeness (QED) is 0.242. The van der Waals surface area contributed by atoms with Gasteiger partial charge in [0, 0.05) is 0 Å². The van der Waals surface area contributed by atoms with Gasteiger partial charge in [-0.2, -0.15) is 0 Å². The standard InChI is InChI=1S/C18H30O3S.2C3H7O.Ti/c1-2-3-4-5-6-7-8-9-10-11-14-17-15-12-13-16-18(17)22(19,20)21;2*1-3(2)4;/h12-13,15-16H,2-11,14H2,1H3,(H,19,20,21);2*3H,1-2H3;/q;2*-1;+3/p-1. The van der Waals surface area contributed by atoms with Gasteiger partial charge in [-0.25, -0.2) is 8.42 Å². The van der Waals surface area contributed by atoms with Crippen LogP contribution in [0.25, 0.3) is 0 Å². The topological polar surface area (TPSA) is 103 Å². The Labute approximate surface area is 206 Å². The first kappa shape index (κ1) is 35.4. The van der Waals surface area contributed by atoms with Crippen molar-refractivity contribution in [2.45, 2.75) is 122 Å². The van der Waals surface area contributed by atoms with E-state index < -0.39 is 22.3 Å².